The van der Waals surface area contributed by atoms with Gasteiger partial charge in [-0.05, 0) is 55.6 Å². The summed E-state index contributed by atoms with van der Waals surface area (Å²) in [4.78, 5) is 37.8. The van der Waals surface area contributed by atoms with Crippen molar-refractivity contribution in [3.8, 4) is 0 Å². The average Bonchev–Trinajstić information content (AvgIpc) is 3.64. The van der Waals surface area contributed by atoms with E-state index in [-0.39, 0.29) is 55.0 Å². The minimum Gasteiger partial charge on any atom is -0.349 e. The maximum absolute atomic E-state index is 13.9. The van der Waals surface area contributed by atoms with Crippen LogP contribution < -0.4 is 10.6 Å². The molecule has 2 fully saturated rings. The van der Waals surface area contributed by atoms with E-state index < -0.39 is 12.0 Å². The Labute approximate surface area is 213 Å². The largest absolute Gasteiger partial charge is 0.349 e. The second kappa shape index (κ2) is 10.5. The van der Waals surface area contributed by atoms with Crippen LogP contribution in [0.1, 0.15) is 92.0 Å². The maximum Gasteiger partial charge on any atom is 0.254 e. The van der Waals surface area contributed by atoms with Crippen LogP contribution in [-0.2, 0) is 4.79 Å². The third-order valence-electron chi connectivity index (χ3n) is 7.27. The summed E-state index contributed by atoms with van der Waals surface area (Å²) in [5.41, 5.74) is 2.30. The van der Waals surface area contributed by atoms with Crippen molar-refractivity contribution in [3.63, 3.8) is 0 Å². The van der Waals surface area contributed by atoms with Crippen LogP contribution in [0, 0.1) is 11.8 Å². The summed E-state index contributed by atoms with van der Waals surface area (Å²) in [6.07, 6.45) is 11.1. The van der Waals surface area contributed by atoms with Crippen LogP contribution >= 0.6 is 0 Å². The molecular formula is C26H31F2N7O2. The summed E-state index contributed by atoms with van der Waals surface area (Å²) in [5, 5.41) is 10.7. The topological polar surface area (TPSA) is 114 Å². The van der Waals surface area contributed by atoms with E-state index in [2.05, 4.69) is 25.7 Å². The lowest BCUT2D eigenvalue weighted by molar-refractivity contribution is -0.122. The van der Waals surface area contributed by atoms with E-state index in [0.29, 0.717) is 23.7 Å². The van der Waals surface area contributed by atoms with Gasteiger partial charge in [0.15, 0.2) is 5.65 Å². The molecule has 0 radical (unpaired) electrons. The Morgan fingerprint density at radius 1 is 1.05 bits per heavy atom. The number of aromatic nitrogens is 5. The number of carbonyl (C=O) groups excluding carboxylic acids is 2. The normalized spacial score (nSPS) is 19.3. The SMILES string of the molecule is CCCC(=O)N[C@@H](c1cnn2cc([C@@H](NC(=O)c3cncnc3)C3CCC(F)(F)CC3)nc2c1)C1CC1. The fraction of sp³-hybridized carbons (Fsp3) is 0.538. The zero-order valence-electron chi connectivity index (χ0n) is 20.7. The maximum atomic E-state index is 13.9. The zero-order valence-corrected chi connectivity index (χ0v) is 20.7. The number of nitrogens with zero attached hydrogens (tertiary/aromatic N) is 5. The van der Waals surface area contributed by atoms with E-state index in [0.717, 1.165) is 24.8 Å². The molecule has 9 nitrogen and oxygen atoms in total. The molecule has 0 unspecified atom stereocenters. The van der Waals surface area contributed by atoms with Gasteiger partial charge in [-0.25, -0.2) is 28.2 Å². The molecule has 2 amide bonds. The van der Waals surface area contributed by atoms with Gasteiger partial charge in [-0.15, -0.1) is 0 Å². The lowest BCUT2D eigenvalue weighted by atomic mass is 9.81. The highest BCUT2D eigenvalue weighted by atomic mass is 19.3. The third-order valence-corrected chi connectivity index (χ3v) is 7.27. The van der Waals surface area contributed by atoms with Crippen molar-refractivity contribution in [1.29, 1.82) is 0 Å². The average molecular weight is 512 g/mol. The van der Waals surface area contributed by atoms with Gasteiger partial charge in [0.2, 0.25) is 11.8 Å². The molecule has 2 aliphatic carbocycles. The van der Waals surface area contributed by atoms with Gasteiger partial charge in [-0.3, -0.25) is 9.59 Å². The molecule has 11 heteroatoms. The number of alkyl halides is 2. The summed E-state index contributed by atoms with van der Waals surface area (Å²) in [7, 11) is 0. The molecule has 0 spiro atoms. The van der Waals surface area contributed by atoms with E-state index in [1.54, 1.807) is 16.9 Å². The van der Waals surface area contributed by atoms with Gasteiger partial charge in [-0.1, -0.05) is 6.92 Å². The summed E-state index contributed by atoms with van der Waals surface area (Å²) in [5.74, 6) is -2.88. The van der Waals surface area contributed by atoms with Crippen LogP contribution in [0.4, 0.5) is 8.78 Å². The Bertz CT molecular complexity index is 1250. The number of nitrogens with one attached hydrogen (secondary N) is 2. The Hall–Kier alpha value is -3.50. The number of hydrogen-bond acceptors (Lipinski definition) is 6. The Morgan fingerprint density at radius 2 is 1.76 bits per heavy atom. The number of carbonyl (C=O) groups is 2. The van der Waals surface area contributed by atoms with Crippen molar-refractivity contribution >= 4 is 17.5 Å². The van der Waals surface area contributed by atoms with Crippen LogP contribution in [0.15, 0.2) is 37.2 Å². The molecule has 3 aromatic rings. The molecule has 3 aromatic heterocycles. The van der Waals surface area contributed by atoms with E-state index in [1.165, 1.54) is 18.7 Å². The van der Waals surface area contributed by atoms with Gasteiger partial charge in [-0.2, -0.15) is 5.10 Å². The Morgan fingerprint density at radius 3 is 2.43 bits per heavy atom. The van der Waals surface area contributed by atoms with Gasteiger partial charge in [0.25, 0.3) is 5.91 Å². The van der Waals surface area contributed by atoms with Crippen molar-refractivity contribution in [3.05, 3.63) is 54.0 Å². The molecule has 0 aromatic carbocycles. The monoisotopic (exact) mass is 511 g/mol. The lowest BCUT2D eigenvalue weighted by Gasteiger charge is -2.33. The molecule has 5 rings (SSSR count). The fourth-order valence-corrected chi connectivity index (χ4v) is 5.08. The molecule has 196 valence electrons. The molecule has 0 aliphatic heterocycles. The smallest absolute Gasteiger partial charge is 0.254 e. The number of imidazole rings is 1. The van der Waals surface area contributed by atoms with Crippen LogP contribution in [0.5, 0.6) is 0 Å². The number of fused-ring (bicyclic) bond motifs is 1. The van der Waals surface area contributed by atoms with E-state index in [9.17, 15) is 18.4 Å². The molecule has 37 heavy (non-hydrogen) atoms. The van der Waals surface area contributed by atoms with E-state index in [1.807, 2.05) is 13.0 Å². The minimum atomic E-state index is -2.69. The zero-order chi connectivity index (χ0) is 26.0. The van der Waals surface area contributed by atoms with E-state index in [4.69, 9.17) is 4.98 Å². The van der Waals surface area contributed by atoms with Crippen molar-refractivity contribution in [2.75, 3.05) is 0 Å². The predicted molar refractivity (Wildman–Crippen MR) is 131 cm³/mol. The second-order valence-electron chi connectivity index (χ2n) is 10.2. The summed E-state index contributed by atoms with van der Waals surface area (Å²) >= 11 is 0. The van der Waals surface area contributed by atoms with Gasteiger partial charge in [0.05, 0.1) is 35.7 Å². The summed E-state index contributed by atoms with van der Waals surface area (Å²) in [6, 6.07) is 1.22. The Kier molecular flexibility index (Phi) is 7.12. The standard InChI is InChI=1S/C26H31F2N7O2/c1-2-3-22(36)33-23(16-4-5-16)18-10-21-32-20(14-35(21)31-13-18)24(17-6-8-26(27,28)9-7-17)34-25(37)19-11-29-15-30-12-19/h10-17,23-24H,2-9H2,1H3,(H,33,36)(H,34,37)/t23-,24+/m1/s1. The molecular weight excluding hydrogens is 480 g/mol. The lowest BCUT2D eigenvalue weighted by Crippen LogP contribution is -2.37. The first kappa shape index (κ1) is 25.2. The molecule has 2 aliphatic rings. The number of rotatable bonds is 9. The summed E-state index contributed by atoms with van der Waals surface area (Å²) in [6.45, 7) is 1.97. The van der Waals surface area contributed by atoms with Crippen molar-refractivity contribution in [2.24, 2.45) is 11.8 Å². The van der Waals surface area contributed by atoms with Crippen LogP contribution in [0.3, 0.4) is 0 Å². The predicted octanol–water partition coefficient (Wildman–Crippen LogP) is 4.18. The molecule has 0 saturated heterocycles. The van der Waals surface area contributed by atoms with Gasteiger partial charge in [0, 0.05) is 31.7 Å². The minimum absolute atomic E-state index is 0.0186. The highest BCUT2D eigenvalue weighted by Gasteiger charge is 2.39. The number of amides is 2. The van der Waals surface area contributed by atoms with Gasteiger partial charge >= 0.3 is 0 Å². The summed E-state index contributed by atoms with van der Waals surface area (Å²) < 4.78 is 29.4. The van der Waals surface area contributed by atoms with Gasteiger partial charge < -0.3 is 10.6 Å². The Balaban J connectivity index is 1.43. The van der Waals surface area contributed by atoms with Crippen molar-refractivity contribution in [2.45, 2.75) is 76.3 Å². The van der Waals surface area contributed by atoms with Crippen LogP contribution in [-0.4, -0.2) is 42.3 Å². The number of halogens is 2. The van der Waals surface area contributed by atoms with Crippen molar-refractivity contribution in [1.82, 2.24) is 35.2 Å². The first-order valence-electron chi connectivity index (χ1n) is 12.9. The molecule has 3 heterocycles. The number of hydrogen-bond donors (Lipinski definition) is 2. The van der Waals surface area contributed by atoms with E-state index >= 15 is 0 Å². The first-order valence-corrected chi connectivity index (χ1v) is 12.9. The van der Waals surface area contributed by atoms with Crippen molar-refractivity contribution < 1.29 is 18.4 Å². The van der Waals surface area contributed by atoms with Crippen LogP contribution in [0.25, 0.3) is 5.65 Å². The first-order chi connectivity index (χ1) is 17.8. The quantitative estimate of drug-likeness (QED) is 0.445. The molecule has 2 atom stereocenters. The molecule has 2 N–H and O–H groups in total. The molecule has 0 bridgehead atoms. The highest BCUT2D eigenvalue weighted by molar-refractivity contribution is 5.93. The highest BCUT2D eigenvalue weighted by Crippen LogP contribution is 2.42. The second-order valence-corrected chi connectivity index (χ2v) is 10.2. The van der Waals surface area contributed by atoms with Gasteiger partial charge in [0.1, 0.15) is 6.33 Å². The molecule has 2 saturated carbocycles. The third kappa shape index (κ3) is 5.91. The fourth-order valence-electron chi connectivity index (χ4n) is 5.08. The van der Waals surface area contributed by atoms with Crippen LogP contribution in [0.2, 0.25) is 0 Å².